The highest BCUT2D eigenvalue weighted by atomic mass is 79.9. The number of rotatable bonds is 4. The molecule has 2 N–H and O–H groups in total. The fourth-order valence-corrected chi connectivity index (χ4v) is 4.03. The lowest BCUT2D eigenvalue weighted by Gasteiger charge is -2.27. The Morgan fingerprint density at radius 2 is 2.25 bits per heavy atom. The number of hydrogen-bond donors (Lipinski definition) is 1. The van der Waals surface area contributed by atoms with Crippen LogP contribution in [0.4, 0.5) is 0 Å². The van der Waals surface area contributed by atoms with Gasteiger partial charge in [0.25, 0.3) is 0 Å². The standard InChI is InChI=1S/C16H19BrN2S/c17-14-3-1-2-12(10-14)15(18)4-7-19-8-5-16-13(11-19)6-9-20-16/h1-3,6,9-10,15H,4-5,7-8,11,18H2. The summed E-state index contributed by atoms with van der Waals surface area (Å²) < 4.78 is 1.10. The maximum Gasteiger partial charge on any atom is 0.0307 e. The summed E-state index contributed by atoms with van der Waals surface area (Å²) in [4.78, 5) is 4.09. The van der Waals surface area contributed by atoms with Crippen molar-refractivity contribution in [2.75, 3.05) is 13.1 Å². The van der Waals surface area contributed by atoms with Gasteiger partial charge in [0, 0.05) is 35.0 Å². The van der Waals surface area contributed by atoms with Gasteiger partial charge in [-0.15, -0.1) is 11.3 Å². The minimum Gasteiger partial charge on any atom is -0.324 e. The molecular formula is C16H19BrN2S. The minimum absolute atomic E-state index is 0.122. The van der Waals surface area contributed by atoms with E-state index in [1.807, 2.05) is 17.4 Å². The van der Waals surface area contributed by atoms with E-state index in [9.17, 15) is 0 Å². The van der Waals surface area contributed by atoms with Gasteiger partial charge in [-0.3, -0.25) is 4.90 Å². The van der Waals surface area contributed by atoms with Crippen LogP contribution in [0.3, 0.4) is 0 Å². The van der Waals surface area contributed by atoms with E-state index in [2.05, 4.69) is 50.5 Å². The Morgan fingerprint density at radius 1 is 1.35 bits per heavy atom. The lowest BCUT2D eigenvalue weighted by atomic mass is 10.0. The molecule has 0 fully saturated rings. The average Bonchev–Trinajstić information content (AvgIpc) is 2.92. The van der Waals surface area contributed by atoms with Crippen molar-refractivity contribution in [3.05, 3.63) is 56.2 Å². The van der Waals surface area contributed by atoms with Crippen LogP contribution in [0, 0.1) is 0 Å². The van der Waals surface area contributed by atoms with Crippen LogP contribution in [0.2, 0.25) is 0 Å². The van der Waals surface area contributed by atoms with Crippen LogP contribution in [0.1, 0.15) is 28.5 Å². The lowest BCUT2D eigenvalue weighted by molar-refractivity contribution is 0.246. The molecule has 0 saturated carbocycles. The van der Waals surface area contributed by atoms with E-state index in [1.54, 1.807) is 4.88 Å². The first-order valence-electron chi connectivity index (χ1n) is 7.01. The van der Waals surface area contributed by atoms with Crippen molar-refractivity contribution in [1.82, 2.24) is 4.90 Å². The molecule has 4 heteroatoms. The molecule has 3 rings (SSSR count). The normalized spacial score (nSPS) is 16.9. The van der Waals surface area contributed by atoms with Crippen LogP contribution in [-0.2, 0) is 13.0 Å². The lowest BCUT2D eigenvalue weighted by Crippen LogP contribution is -2.32. The zero-order chi connectivity index (χ0) is 13.9. The SMILES string of the molecule is NC(CCN1CCc2sccc2C1)c1cccc(Br)c1. The van der Waals surface area contributed by atoms with E-state index >= 15 is 0 Å². The average molecular weight is 351 g/mol. The summed E-state index contributed by atoms with van der Waals surface area (Å²) in [6, 6.07) is 10.7. The van der Waals surface area contributed by atoms with Gasteiger partial charge >= 0.3 is 0 Å². The van der Waals surface area contributed by atoms with Gasteiger partial charge in [-0.05, 0) is 47.5 Å². The molecule has 1 atom stereocenters. The highest BCUT2D eigenvalue weighted by Gasteiger charge is 2.17. The molecule has 106 valence electrons. The summed E-state index contributed by atoms with van der Waals surface area (Å²) in [6.07, 6.45) is 2.20. The smallest absolute Gasteiger partial charge is 0.0307 e. The third-order valence-electron chi connectivity index (χ3n) is 3.92. The monoisotopic (exact) mass is 350 g/mol. The fraction of sp³-hybridized carbons (Fsp3) is 0.375. The Balaban J connectivity index is 1.55. The first-order chi connectivity index (χ1) is 9.72. The second kappa shape index (κ2) is 6.39. The summed E-state index contributed by atoms with van der Waals surface area (Å²) in [5.41, 5.74) is 9.04. The highest BCUT2D eigenvalue weighted by Crippen LogP contribution is 2.25. The van der Waals surface area contributed by atoms with Crippen molar-refractivity contribution in [3.8, 4) is 0 Å². The summed E-state index contributed by atoms with van der Waals surface area (Å²) in [5, 5.41) is 2.21. The Morgan fingerprint density at radius 3 is 3.10 bits per heavy atom. The van der Waals surface area contributed by atoms with Crippen molar-refractivity contribution < 1.29 is 0 Å². The molecule has 1 aromatic carbocycles. The summed E-state index contributed by atoms with van der Waals surface area (Å²) in [7, 11) is 0. The Hall–Kier alpha value is -0.680. The molecule has 2 aromatic rings. The molecule has 0 bridgehead atoms. The number of hydrogen-bond acceptors (Lipinski definition) is 3. The summed E-state index contributed by atoms with van der Waals surface area (Å²) in [6.45, 7) is 3.33. The maximum atomic E-state index is 6.31. The van der Waals surface area contributed by atoms with Gasteiger partial charge in [0.2, 0.25) is 0 Å². The summed E-state index contributed by atoms with van der Waals surface area (Å²) in [5.74, 6) is 0. The van der Waals surface area contributed by atoms with Gasteiger partial charge in [-0.2, -0.15) is 0 Å². The van der Waals surface area contributed by atoms with E-state index in [4.69, 9.17) is 5.73 Å². The predicted octanol–water partition coefficient (Wildman–Crippen LogP) is 3.96. The third kappa shape index (κ3) is 3.31. The number of thiophene rings is 1. The van der Waals surface area contributed by atoms with Crippen molar-refractivity contribution in [2.24, 2.45) is 5.73 Å². The van der Waals surface area contributed by atoms with Gasteiger partial charge in [-0.1, -0.05) is 28.1 Å². The topological polar surface area (TPSA) is 29.3 Å². The first-order valence-corrected chi connectivity index (χ1v) is 8.68. The van der Waals surface area contributed by atoms with E-state index in [0.717, 1.165) is 24.0 Å². The molecular weight excluding hydrogens is 332 g/mol. The van der Waals surface area contributed by atoms with Gasteiger partial charge in [0.05, 0.1) is 0 Å². The number of halogens is 1. The Bertz CT molecular complexity index is 581. The zero-order valence-electron chi connectivity index (χ0n) is 11.4. The molecule has 20 heavy (non-hydrogen) atoms. The van der Waals surface area contributed by atoms with Gasteiger partial charge in [0.15, 0.2) is 0 Å². The molecule has 2 heterocycles. The second-order valence-corrected chi connectivity index (χ2v) is 7.26. The minimum atomic E-state index is 0.122. The number of benzene rings is 1. The number of nitrogens with zero attached hydrogens (tertiary/aromatic N) is 1. The molecule has 0 spiro atoms. The zero-order valence-corrected chi connectivity index (χ0v) is 13.8. The summed E-state index contributed by atoms with van der Waals surface area (Å²) >= 11 is 5.40. The van der Waals surface area contributed by atoms with Gasteiger partial charge in [0.1, 0.15) is 0 Å². The molecule has 1 aliphatic rings. The number of fused-ring (bicyclic) bond motifs is 1. The maximum absolute atomic E-state index is 6.31. The van der Waals surface area contributed by atoms with Crippen LogP contribution in [0.5, 0.6) is 0 Å². The first kappa shape index (κ1) is 14.3. The van der Waals surface area contributed by atoms with Crippen LogP contribution < -0.4 is 5.73 Å². The van der Waals surface area contributed by atoms with Crippen LogP contribution in [0.25, 0.3) is 0 Å². The van der Waals surface area contributed by atoms with E-state index in [-0.39, 0.29) is 6.04 Å². The van der Waals surface area contributed by atoms with Gasteiger partial charge in [-0.25, -0.2) is 0 Å². The van der Waals surface area contributed by atoms with Crippen LogP contribution in [0.15, 0.2) is 40.2 Å². The Labute approximate surface area is 132 Å². The van der Waals surface area contributed by atoms with Crippen molar-refractivity contribution in [3.63, 3.8) is 0 Å². The van der Waals surface area contributed by atoms with Crippen LogP contribution in [-0.4, -0.2) is 18.0 Å². The quantitative estimate of drug-likeness (QED) is 0.904. The fourth-order valence-electron chi connectivity index (χ4n) is 2.72. The second-order valence-electron chi connectivity index (χ2n) is 5.35. The van der Waals surface area contributed by atoms with Crippen LogP contribution >= 0.6 is 27.3 Å². The van der Waals surface area contributed by atoms with E-state index in [1.165, 1.54) is 24.1 Å². The van der Waals surface area contributed by atoms with E-state index in [0.29, 0.717) is 0 Å². The number of nitrogens with two attached hydrogens (primary N) is 1. The molecule has 0 radical (unpaired) electrons. The Kier molecular flexibility index (Phi) is 4.56. The highest BCUT2D eigenvalue weighted by molar-refractivity contribution is 9.10. The molecule has 2 nitrogen and oxygen atoms in total. The molecule has 1 aromatic heterocycles. The molecule has 0 saturated heterocycles. The van der Waals surface area contributed by atoms with E-state index < -0.39 is 0 Å². The van der Waals surface area contributed by atoms with Crippen molar-refractivity contribution >= 4 is 27.3 Å². The molecule has 1 unspecified atom stereocenters. The van der Waals surface area contributed by atoms with Gasteiger partial charge < -0.3 is 5.73 Å². The third-order valence-corrected chi connectivity index (χ3v) is 5.44. The van der Waals surface area contributed by atoms with Crippen molar-refractivity contribution in [2.45, 2.75) is 25.4 Å². The predicted molar refractivity (Wildman–Crippen MR) is 89.0 cm³/mol. The molecule has 0 aliphatic carbocycles. The largest absolute Gasteiger partial charge is 0.324 e. The van der Waals surface area contributed by atoms with Crippen molar-refractivity contribution in [1.29, 1.82) is 0 Å². The molecule has 1 aliphatic heterocycles. The molecule has 0 amide bonds.